The van der Waals surface area contributed by atoms with Crippen LogP contribution in [0.5, 0.6) is 0 Å². The summed E-state index contributed by atoms with van der Waals surface area (Å²) in [4.78, 5) is 0. The van der Waals surface area contributed by atoms with Crippen LogP contribution >= 0.6 is 0 Å². The van der Waals surface area contributed by atoms with Gasteiger partial charge in [0, 0.05) is 0 Å². The summed E-state index contributed by atoms with van der Waals surface area (Å²) in [7, 11) is 0. The van der Waals surface area contributed by atoms with Gasteiger partial charge in [0.15, 0.2) is 0 Å². The topological polar surface area (TPSA) is 0 Å². The molecule has 0 radical (unpaired) electrons. The van der Waals surface area contributed by atoms with E-state index >= 15 is 0 Å². The van der Waals surface area contributed by atoms with Gasteiger partial charge in [-0.1, -0.05) is 29.9 Å². The molecule has 0 aliphatic heterocycles. The van der Waals surface area contributed by atoms with Gasteiger partial charge in [-0.2, -0.15) is 0 Å². The van der Waals surface area contributed by atoms with Crippen molar-refractivity contribution in [2.24, 2.45) is 0 Å². The summed E-state index contributed by atoms with van der Waals surface area (Å²) in [6, 6.07) is 0. The zero-order valence-corrected chi connectivity index (χ0v) is 5.31. The Kier molecular flexibility index (Phi) is 3.90. The van der Waals surface area contributed by atoms with Gasteiger partial charge in [-0.05, 0) is 19.4 Å². The summed E-state index contributed by atoms with van der Waals surface area (Å²) in [5.74, 6) is 0. The standard InChI is InChI=1S/C8H10.Mg.2H/c1-7(2)8-5-3-4-6-8;;;/h3-6H,1-2H3;;;. The molecule has 9 heavy (non-hydrogen) atoms. The van der Waals surface area contributed by atoms with Gasteiger partial charge in [0.05, 0.1) is 0 Å². The Morgan fingerprint density at radius 3 is 1.78 bits per heavy atom. The lowest BCUT2D eigenvalue weighted by Crippen LogP contribution is -1.69. The summed E-state index contributed by atoms with van der Waals surface area (Å²) < 4.78 is 0. The van der Waals surface area contributed by atoms with Gasteiger partial charge >= 0.3 is 23.1 Å². The molecule has 0 nitrogen and oxygen atoms in total. The minimum absolute atomic E-state index is 0. The second kappa shape index (κ2) is 3.91. The largest absolute Gasteiger partial charge is 0.316 e. The Morgan fingerprint density at radius 2 is 1.56 bits per heavy atom. The first-order valence-corrected chi connectivity index (χ1v) is 2.83. The van der Waals surface area contributed by atoms with Crippen LogP contribution in [0.3, 0.4) is 0 Å². The lowest BCUT2D eigenvalue weighted by atomic mass is 10.2. The van der Waals surface area contributed by atoms with Crippen molar-refractivity contribution in [2.75, 3.05) is 0 Å². The molecule has 0 aromatic carbocycles. The molecule has 1 rings (SSSR count). The zero-order valence-electron chi connectivity index (χ0n) is 5.31. The van der Waals surface area contributed by atoms with Crippen molar-refractivity contribution in [3.05, 3.63) is 35.5 Å². The minimum atomic E-state index is 0. The summed E-state index contributed by atoms with van der Waals surface area (Å²) in [5, 5.41) is 0. The van der Waals surface area contributed by atoms with E-state index in [2.05, 4.69) is 38.2 Å². The Labute approximate surface area is 72.5 Å². The summed E-state index contributed by atoms with van der Waals surface area (Å²) in [5.41, 5.74) is 2.74. The smallest absolute Gasteiger partial charge is 0.0692 e. The monoisotopic (exact) mass is 132 g/mol. The molecule has 1 heteroatoms. The van der Waals surface area contributed by atoms with E-state index in [0.717, 1.165) is 0 Å². The highest BCUT2D eigenvalue weighted by Gasteiger charge is 1.90. The van der Waals surface area contributed by atoms with Crippen molar-refractivity contribution in [3.63, 3.8) is 0 Å². The van der Waals surface area contributed by atoms with Crippen LogP contribution in [0.25, 0.3) is 0 Å². The number of allylic oxidation sites excluding steroid dienone is 6. The number of hydrogen-bond donors (Lipinski definition) is 0. The molecule has 1 aliphatic carbocycles. The van der Waals surface area contributed by atoms with E-state index in [0.29, 0.717) is 0 Å². The molecule has 0 fully saturated rings. The van der Waals surface area contributed by atoms with Crippen LogP contribution in [0.2, 0.25) is 0 Å². The maximum atomic E-state index is 2.12. The maximum Gasteiger partial charge on any atom is 0.316 e. The molecule has 0 saturated carbocycles. The van der Waals surface area contributed by atoms with Gasteiger partial charge in [-0.3, -0.25) is 0 Å². The summed E-state index contributed by atoms with van der Waals surface area (Å²) in [6.07, 6.45) is 8.36. The Hall–Kier alpha value is -0.0138. The second-order valence-corrected chi connectivity index (χ2v) is 2.17. The average Bonchev–Trinajstić information content (AvgIpc) is 2.12. The highest BCUT2D eigenvalue weighted by Crippen LogP contribution is 2.11. The van der Waals surface area contributed by atoms with Crippen LogP contribution in [-0.4, -0.2) is 23.1 Å². The van der Waals surface area contributed by atoms with E-state index in [4.69, 9.17) is 0 Å². The predicted octanol–water partition coefficient (Wildman–Crippen LogP) is 1.53. The molecule has 0 amide bonds. The van der Waals surface area contributed by atoms with Crippen LogP contribution < -0.4 is 0 Å². The molecule has 0 bridgehead atoms. The van der Waals surface area contributed by atoms with Crippen molar-refractivity contribution in [3.8, 4) is 0 Å². The third-order valence-electron chi connectivity index (χ3n) is 1.24. The third kappa shape index (κ3) is 2.37. The minimum Gasteiger partial charge on any atom is -0.0692 e. The van der Waals surface area contributed by atoms with E-state index in [1.807, 2.05) is 0 Å². The van der Waals surface area contributed by atoms with Crippen molar-refractivity contribution in [1.29, 1.82) is 0 Å². The lowest BCUT2D eigenvalue weighted by Gasteiger charge is -1.90. The van der Waals surface area contributed by atoms with Crippen LogP contribution in [0, 0.1) is 0 Å². The average molecular weight is 132 g/mol. The van der Waals surface area contributed by atoms with Gasteiger partial charge < -0.3 is 0 Å². The Bertz CT molecular complexity index is 155. The summed E-state index contributed by atoms with van der Waals surface area (Å²) in [6.45, 7) is 4.24. The first-order chi connectivity index (χ1) is 3.80. The van der Waals surface area contributed by atoms with E-state index in [9.17, 15) is 0 Å². The molecule has 0 spiro atoms. The van der Waals surface area contributed by atoms with Crippen LogP contribution in [-0.2, 0) is 0 Å². The van der Waals surface area contributed by atoms with Crippen LogP contribution in [0.4, 0.5) is 0 Å². The molecule has 0 atom stereocenters. The van der Waals surface area contributed by atoms with E-state index in [1.54, 1.807) is 0 Å². The Morgan fingerprint density at radius 1 is 1.11 bits per heavy atom. The zero-order chi connectivity index (χ0) is 5.98. The molecule has 0 aromatic heterocycles. The highest BCUT2D eigenvalue weighted by molar-refractivity contribution is 5.75. The lowest BCUT2D eigenvalue weighted by molar-refractivity contribution is 1.35. The molecule has 0 unspecified atom stereocenters. The highest BCUT2D eigenvalue weighted by atomic mass is 24.3. The fourth-order valence-electron chi connectivity index (χ4n) is 0.707. The van der Waals surface area contributed by atoms with Crippen molar-refractivity contribution in [1.82, 2.24) is 0 Å². The van der Waals surface area contributed by atoms with Crippen molar-refractivity contribution < 1.29 is 0 Å². The molecule has 1 aliphatic rings. The van der Waals surface area contributed by atoms with Gasteiger partial charge in [-0.15, -0.1) is 0 Å². The molecule has 0 heterocycles. The summed E-state index contributed by atoms with van der Waals surface area (Å²) >= 11 is 0. The number of hydrogen-bond acceptors (Lipinski definition) is 0. The molecule has 46 valence electrons. The van der Waals surface area contributed by atoms with E-state index in [1.165, 1.54) is 11.1 Å². The van der Waals surface area contributed by atoms with Gasteiger partial charge in [0.2, 0.25) is 0 Å². The fourth-order valence-corrected chi connectivity index (χ4v) is 0.707. The fraction of sp³-hybridized carbons (Fsp3) is 0.250. The van der Waals surface area contributed by atoms with Crippen LogP contribution in [0.1, 0.15) is 13.8 Å². The molecule has 0 aromatic rings. The van der Waals surface area contributed by atoms with Crippen LogP contribution in [0.15, 0.2) is 35.5 Å². The van der Waals surface area contributed by atoms with Crippen molar-refractivity contribution >= 4 is 23.1 Å². The molecule has 0 N–H and O–H groups in total. The van der Waals surface area contributed by atoms with Gasteiger partial charge in [0.25, 0.3) is 0 Å². The SMILES string of the molecule is CC(C)=C1C=CC=C1.[MgH2]. The van der Waals surface area contributed by atoms with Crippen molar-refractivity contribution in [2.45, 2.75) is 13.8 Å². The maximum absolute atomic E-state index is 2.12. The molecule has 0 saturated heterocycles. The molecular formula is C8H12Mg. The molecular weight excluding hydrogens is 120 g/mol. The normalized spacial score (nSPS) is 13.8. The van der Waals surface area contributed by atoms with Gasteiger partial charge in [0.1, 0.15) is 0 Å². The number of rotatable bonds is 0. The first kappa shape index (κ1) is 8.99. The van der Waals surface area contributed by atoms with E-state index < -0.39 is 0 Å². The van der Waals surface area contributed by atoms with Gasteiger partial charge in [-0.25, -0.2) is 0 Å². The predicted molar refractivity (Wildman–Crippen MR) is 45.2 cm³/mol. The first-order valence-electron chi connectivity index (χ1n) is 2.83. The Balaban J connectivity index is 0.000000640. The quantitative estimate of drug-likeness (QED) is 0.439. The van der Waals surface area contributed by atoms with E-state index in [-0.39, 0.29) is 23.1 Å². The second-order valence-electron chi connectivity index (χ2n) is 2.17. The third-order valence-corrected chi connectivity index (χ3v) is 1.24.